The fourth-order valence-electron chi connectivity index (χ4n) is 1.26. The molecular formula is C7H15NO2. The topological polar surface area (TPSA) is 52.5 Å². The van der Waals surface area contributed by atoms with Crippen LogP contribution in [0.5, 0.6) is 0 Å². The lowest BCUT2D eigenvalue weighted by Crippen LogP contribution is -2.42. The van der Waals surface area contributed by atoms with Crippen molar-refractivity contribution in [3.63, 3.8) is 0 Å². The first-order valence-electron chi connectivity index (χ1n) is 3.64. The highest BCUT2D eigenvalue weighted by Gasteiger charge is 2.33. The molecule has 1 saturated heterocycles. The number of hydrogen-bond donors (Lipinski definition) is 3. The summed E-state index contributed by atoms with van der Waals surface area (Å²) in [5, 5.41) is 21.6. The smallest absolute Gasteiger partial charge is 0.0745 e. The second-order valence-corrected chi connectivity index (χ2v) is 3.50. The molecule has 0 amide bonds. The molecule has 0 saturated carbocycles. The average molecular weight is 145 g/mol. The predicted molar refractivity (Wildman–Crippen MR) is 38.7 cm³/mol. The zero-order valence-electron chi connectivity index (χ0n) is 6.46. The van der Waals surface area contributed by atoms with E-state index in [4.69, 9.17) is 5.11 Å². The van der Waals surface area contributed by atoms with E-state index >= 15 is 0 Å². The molecule has 0 bridgehead atoms. The van der Waals surface area contributed by atoms with Crippen LogP contribution >= 0.6 is 0 Å². The van der Waals surface area contributed by atoms with E-state index in [1.165, 1.54) is 0 Å². The fraction of sp³-hybridized carbons (Fsp3) is 1.00. The molecule has 3 nitrogen and oxygen atoms in total. The van der Waals surface area contributed by atoms with Crippen LogP contribution in [0.1, 0.15) is 20.3 Å². The second kappa shape index (κ2) is 2.49. The molecule has 0 aromatic rings. The van der Waals surface area contributed by atoms with Crippen LogP contribution < -0.4 is 5.32 Å². The van der Waals surface area contributed by atoms with Gasteiger partial charge in [0.05, 0.1) is 11.7 Å². The summed E-state index contributed by atoms with van der Waals surface area (Å²) in [6.07, 6.45) is 0.375. The quantitative estimate of drug-likeness (QED) is 0.465. The van der Waals surface area contributed by atoms with Gasteiger partial charge in [0.15, 0.2) is 0 Å². The van der Waals surface area contributed by atoms with Crippen molar-refractivity contribution in [2.45, 2.75) is 38.0 Å². The van der Waals surface area contributed by atoms with Crippen molar-refractivity contribution in [3.8, 4) is 0 Å². The maximum atomic E-state index is 9.46. The van der Waals surface area contributed by atoms with Crippen LogP contribution in [-0.2, 0) is 0 Å². The van der Waals surface area contributed by atoms with E-state index in [-0.39, 0.29) is 12.1 Å². The van der Waals surface area contributed by atoms with Gasteiger partial charge in [0.25, 0.3) is 0 Å². The van der Waals surface area contributed by atoms with E-state index in [2.05, 4.69) is 5.32 Å². The maximum absolute atomic E-state index is 9.46. The highest BCUT2D eigenvalue weighted by Crippen LogP contribution is 2.17. The lowest BCUT2D eigenvalue weighted by molar-refractivity contribution is 0.0402. The normalized spacial score (nSPS) is 34.8. The van der Waals surface area contributed by atoms with Crippen LogP contribution in [0.4, 0.5) is 0 Å². The zero-order valence-corrected chi connectivity index (χ0v) is 6.46. The highest BCUT2D eigenvalue weighted by atomic mass is 16.3. The Morgan fingerprint density at radius 2 is 2.10 bits per heavy atom. The van der Waals surface area contributed by atoms with E-state index in [9.17, 15) is 5.11 Å². The molecule has 0 radical (unpaired) electrons. The van der Waals surface area contributed by atoms with Gasteiger partial charge >= 0.3 is 0 Å². The molecule has 2 unspecified atom stereocenters. The van der Waals surface area contributed by atoms with Crippen LogP contribution in [0.2, 0.25) is 0 Å². The lowest BCUT2D eigenvalue weighted by Gasteiger charge is -2.25. The number of aliphatic hydroxyl groups excluding tert-OH is 1. The van der Waals surface area contributed by atoms with Crippen molar-refractivity contribution in [1.29, 1.82) is 0 Å². The van der Waals surface area contributed by atoms with Crippen LogP contribution in [0.25, 0.3) is 0 Å². The van der Waals surface area contributed by atoms with Gasteiger partial charge in [-0.1, -0.05) is 0 Å². The summed E-state index contributed by atoms with van der Waals surface area (Å²) >= 11 is 0. The highest BCUT2D eigenvalue weighted by molar-refractivity contribution is 4.91. The number of β-amino-alcohol motifs (C(OH)–C–C–N with tert-alkyl or cyclic N) is 1. The Balaban J connectivity index is 2.45. The third-order valence-electron chi connectivity index (χ3n) is 1.96. The number of aliphatic hydroxyl groups is 2. The van der Waals surface area contributed by atoms with Gasteiger partial charge in [0.2, 0.25) is 0 Å². The largest absolute Gasteiger partial charge is 0.392 e. The Labute approximate surface area is 61.1 Å². The summed E-state index contributed by atoms with van der Waals surface area (Å²) in [5.41, 5.74) is -0.711. The Morgan fingerprint density at radius 3 is 2.30 bits per heavy atom. The minimum absolute atomic E-state index is 0.0440. The summed E-state index contributed by atoms with van der Waals surface area (Å²) in [6.45, 7) is 4.11. The van der Waals surface area contributed by atoms with Crippen LogP contribution in [0.3, 0.4) is 0 Å². The molecule has 1 fully saturated rings. The van der Waals surface area contributed by atoms with Gasteiger partial charge in [-0.05, 0) is 20.3 Å². The van der Waals surface area contributed by atoms with Crippen molar-refractivity contribution in [3.05, 3.63) is 0 Å². The first kappa shape index (κ1) is 7.98. The summed E-state index contributed by atoms with van der Waals surface area (Å²) in [6, 6.07) is 0.0440. The lowest BCUT2D eigenvalue weighted by atomic mass is 9.97. The monoisotopic (exact) mass is 145 g/mol. The minimum Gasteiger partial charge on any atom is -0.392 e. The second-order valence-electron chi connectivity index (χ2n) is 3.50. The van der Waals surface area contributed by atoms with Crippen LogP contribution in [0.15, 0.2) is 0 Å². The Kier molecular flexibility index (Phi) is 1.99. The predicted octanol–water partition coefficient (Wildman–Crippen LogP) is -0.520. The Morgan fingerprint density at radius 1 is 1.50 bits per heavy atom. The number of rotatable bonds is 1. The summed E-state index contributed by atoms with van der Waals surface area (Å²) in [7, 11) is 0. The van der Waals surface area contributed by atoms with Crippen molar-refractivity contribution >= 4 is 0 Å². The number of nitrogens with one attached hydrogen (secondary N) is 1. The standard InChI is InChI=1S/C7H15NO2/c1-7(2,10)6-3-5(9)4-8-6/h5-6,8-10H,3-4H2,1-2H3. The molecule has 60 valence electrons. The molecule has 0 spiro atoms. The molecule has 0 aromatic carbocycles. The first-order valence-corrected chi connectivity index (χ1v) is 3.64. The molecule has 1 rings (SSSR count). The Hall–Kier alpha value is -0.120. The van der Waals surface area contributed by atoms with E-state index in [1.807, 2.05) is 0 Å². The first-order chi connectivity index (χ1) is 4.50. The van der Waals surface area contributed by atoms with E-state index < -0.39 is 5.60 Å². The van der Waals surface area contributed by atoms with E-state index in [1.54, 1.807) is 13.8 Å². The van der Waals surface area contributed by atoms with Gasteiger partial charge < -0.3 is 15.5 Å². The van der Waals surface area contributed by atoms with Crippen LogP contribution in [0, 0.1) is 0 Å². The van der Waals surface area contributed by atoms with Gasteiger partial charge in [-0.15, -0.1) is 0 Å². The molecule has 1 aliphatic rings. The number of hydrogen-bond acceptors (Lipinski definition) is 3. The zero-order chi connectivity index (χ0) is 7.78. The van der Waals surface area contributed by atoms with E-state index in [0.29, 0.717) is 13.0 Å². The van der Waals surface area contributed by atoms with Crippen molar-refractivity contribution in [2.75, 3.05) is 6.54 Å². The molecule has 0 aliphatic carbocycles. The minimum atomic E-state index is -0.711. The van der Waals surface area contributed by atoms with Crippen molar-refractivity contribution < 1.29 is 10.2 Å². The third-order valence-corrected chi connectivity index (χ3v) is 1.96. The summed E-state index contributed by atoms with van der Waals surface area (Å²) in [5.74, 6) is 0. The molecule has 10 heavy (non-hydrogen) atoms. The molecule has 1 aliphatic heterocycles. The molecule has 2 atom stereocenters. The molecule has 1 heterocycles. The summed E-state index contributed by atoms with van der Waals surface area (Å²) in [4.78, 5) is 0. The van der Waals surface area contributed by atoms with Gasteiger partial charge in [-0.25, -0.2) is 0 Å². The molecular weight excluding hydrogens is 130 g/mol. The van der Waals surface area contributed by atoms with Crippen molar-refractivity contribution in [1.82, 2.24) is 5.32 Å². The SMILES string of the molecule is CC(C)(O)C1CC(O)CN1. The summed E-state index contributed by atoms with van der Waals surface area (Å²) < 4.78 is 0. The average Bonchev–Trinajstić information content (AvgIpc) is 2.11. The van der Waals surface area contributed by atoms with Crippen LogP contribution in [-0.4, -0.2) is 34.5 Å². The van der Waals surface area contributed by atoms with Gasteiger partial charge in [-0.3, -0.25) is 0 Å². The molecule has 3 N–H and O–H groups in total. The third kappa shape index (κ3) is 1.68. The van der Waals surface area contributed by atoms with Gasteiger partial charge in [0, 0.05) is 12.6 Å². The van der Waals surface area contributed by atoms with Gasteiger partial charge in [-0.2, -0.15) is 0 Å². The fourth-order valence-corrected chi connectivity index (χ4v) is 1.26. The van der Waals surface area contributed by atoms with Crippen molar-refractivity contribution in [2.24, 2.45) is 0 Å². The Bertz CT molecular complexity index is 119. The maximum Gasteiger partial charge on any atom is 0.0745 e. The molecule has 3 heteroatoms. The molecule has 0 aromatic heterocycles. The van der Waals surface area contributed by atoms with Gasteiger partial charge in [0.1, 0.15) is 0 Å². The van der Waals surface area contributed by atoms with E-state index in [0.717, 1.165) is 0 Å².